The Kier molecular flexibility index (Phi) is 3.77. The maximum Gasteiger partial charge on any atom is 0.281 e. The first-order chi connectivity index (χ1) is 14.0. The largest absolute Gasteiger partial charge is 0.443 e. The predicted molar refractivity (Wildman–Crippen MR) is 103 cm³/mol. The zero-order valence-electron chi connectivity index (χ0n) is 15.3. The van der Waals surface area contributed by atoms with Crippen molar-refractivity contribution in [1.29, 1.82) is 0 Å². The molecular weight excluding hydrogens is 380 g/mol. The topological polar surface area (TPSA) is 77.1 Å². The van der Waals surface area contributed by atoms with Crippen LogP contribution in [0.1, 0.15) is 29.2 Å². The Balaban J connectivity index is 1.78. The summed E-state index contributed by atoms with van der Waals surface area (Å²) in [5, 5.41) is 2.79. The molecule has 1 aliphatic carbocycles. The molecule has 2 heterocycles. The van der Waals surface area contributed by atoms with Crippen LogP contribution < -0.4 is 10.9 Å². The lowest BCUT2D eigenvalue weighted by atomic mass is 10.00. The number of pyridine rings is 1. The number of benzene rings is 2. The van der Waals surface area contributed by atoms with Crippen molar-refractivity contribution in [1.82, 2.24) is 14.9 Å². The molecule has 0 bridgehead atoms. The lowest BCUT2D eigenvalue weighted by molar-refractivity contribution is 0.0959. The molecule has 1 saturated carbocycles. The summed E-state index contributed by atoms with van der Waals surface area (Å²) in [5.74, 6) is -1.92. The summed E-state index contributed by atoms with van der Waals surface area (Å²) in [7, 11) is 1.40. The van der Waals surface area contributed by atoms with Gasteiger partial charge >= 0.3 is 0 Å². The highest BCUT2D eigenvalue weighted by Gasteiger charge is 2.29. The van der Waals surface area contributed by atoms with Crippen LogP contribution in [0.4, 0.5) is 8.78 Å². The molecular formula is C21H15F2N3O3. The first-order valence-corrected chi connectivity index (χ1v) is 9.12. The Morgan fingerprint density at radius 3 is 2.69 bits per heavy atom. The van der Waals surface area contributed by atoms with Gasteiger partial charge in [0.1, 0.15) is 11.6 Å². The summed E-state index contributed by atoms with van der Waals surface area (Å²) in [5.41, 5.74) is 0.882. The molecule has 29 heavy (non-hydrogen) atoms. The number of aromatic nitrogens is 2. The smallest absolute Gasteiger partial charge is 0.281 e. The zero-order valence-corrected chi connectivity index (χ0v) is 15.3. The molecule has 1 fully saturated rings. The molecule has 8 heteroatoms. The average molecular weight is 395 g/mol. The molecule has 5 rings (SSSR count). The third kappa shape index (κ3) is 2.63. The molecule has 0 spiro atoms. The van der Waals surface area contributed by atoms with E-state index in [0.29, 0.717) is 10.9 Å². The number of nitrogens with zero attached hydrogens (tertiary/aromatic N) is 2. The van der Waals surface area contributed by atoms with Crippen LogP contribution in [0.3, 0.4) is 0 Å². The lowest BCUT2D eigenvalue weighted by Gasteiger charge is -2.13. The molecule has 4 aromatic rings. The lowest BCUT2D eigenvalue weighted by Crippen LogP contribution is -2.20. The number of rotatable bonds is 3. The fourth-order valence-electron chi connectivity index (χ4n) is 3.67. The van der Waals surface area contributed by atoms with E-state index in [1.165, 1.54) is 37.7 Å². The Bertz CT molecular complexity index is 1370. The van der Waals surface area contributed by atoms with Crippen LogP contribution in [0.2, 0.25) is 0 Å². The summed E-state index contributed by atoms with van der Waals surface area (Å²) in [6.45, 7) is 0. The second-order valence-corrected chi connectivity index (χ2v) is 7.06. The normalized spacial score (nSPS) is 13.9. The molecule has 2 aromatic carbocycles. The fourth-order valence-corrected chi connectivity index (χ4v) is 3.67. The standard InChI is InChI=1S/C21H15F2N3O3/c1-24-20(27)12-5-2-10(6-15(12)22)13-8-17-14(7-16(13)23)19-18(25-9-29-19)21(28)26(17)11-3-4-11/h2,5-9,11H,3-4H2,1H3,(H,24,27). The Hall–Kier alpha value is -3.55. The quantitative estimate of drug-likeness (QED) is 0.573. The molecule has 1 N–H and O–H groups in total. The molecule has 0 atom stereocenters. The van der Waals surface area contributed by atoms with Gasteiger partial charge in [-0.15, -0.1) is 0 Å². The molecule has 0 aliphatic heterocycles. The molecule has 1 amide bonds. The summed E-state index contributed by atoms with van der Waals surface area (Å²) in [6.07, 6.45) is 2.86. The van der Waals surface area contributed by atoms with Gasteiger partial charge in [0.2, 0.25) is 0 Å². The molecule has 0 unspecified atom stereocenters. The van der Waals surface area contributed by atoms with E-state index in [1.807, 2.05) is 0 Å². The molecule has 1 aliphatic rings. The highest BCUT2D eigenvalue weighted by molar-refractivity contribution is 6.02. The van der Waals surface area contributed by atoms with Gasteiger partial charge < -0.3 is 14.3 Å². The van der Waals surface area contributed by atoms with Crippen molar-refractivity contribution in [3.8, 4) is 11.1 Å². The Morgan fingerprint density at radius 1 is 1.21 bits per heavy atom. The highest BCUT2D eigenvalue weighted by Crippen LogP contribution is 2.39. The summed E-state index contributed by atoms with van der Waals surface area (Å²) in [4.78, 5) is 28.6. The minimum atomic E-state index is -0.758. The van der Waals surface area contributed by atoms with Crippen LogP contribution in [-0.2, 0) is 0 Å². The van der Waals surface area contributed by atoms with Gasteiger partial charge in [-0.2, -0.15) is 0 Å². The molecule has 2 aromatic heterocycles. The summed E-state index contributed by atoms with van der Waals surface area (Å²) in [6, 6.07) is 6.73. The van der Waals surface area contributed by atoms with E-state index in [1.54, 1.807) is 4.57 Å². The molecule has 6 nitrogen and oxygen atoms in total. The number of hydrogen-bond acceptors (Lipinski definition) is 4. The van der Waals surface area contributed by atoms with Gasteiger partial charge in [0, 0.05) is 24.0 Å². The molecule has 146 valence electrons. The third-order valence-corrected chi connectivity index (χ3v) is 5.24. The number of nitrogens with one attached hydrogen (secondary N) is 1. The maximum absolute atomic E-state index is 15.0. The van der Waals surface area contributed by atoms with Crippen molar-refractivity contribution in [3.05, 3.63) is 64.3 Å². The van der Waals surface area contributed by atoms with Gasteiger partial charge in [-0.05, 0) is 42.7 Å². The Labute approximate surface area is 162 Å². The van der Waals surface area contributed by atoms with E-state index < -0.39 is 17.5 Å². The summed E-state index contributed by atoms with van der Waals surface area (Å²) < 4.78 is 36.4. The van der Waals surface area contributed by atoms with Crippen molar-refractivity contribution in [2.75, 3.05) is 7.05 Å². The predicted octanol–water partition coefficient (Wildman–Crippen LogP) is 3.78. The number of fused-ring (bicyclic) bond motifs is 3. The van der Waals surface area contributed by atoms with Crippen molar-refractivity contribution < 1.29 is 18.0 Å². The van der Waals surface area contributed by atoms with E-state index in [9.17, 15) is 18.4 Å². The van der Waals surface area contributed by atoms with Crippen LogP contribution in [0.25, 0.3) is 33.1 Å². The van der Waals surface area contributed by atoms with Crippen LogP contribution in [-0.4, -0.2) is 22.5 Å². The van der Waals surface area contributed by atoms with Crippen molar-refractivity contribution in [3.63, 3.8) is 0 Å². The number of hydrogen-bond donors (Lipinski definition) is 1. The summed E-state index contributed by atoms with van der Waals surface area (Å²) >= 11 is 0. The second-order valence-electron chi connectivity index (χ2n) is 7.06. The Morgan fingerprint density at radius 2 is 2.00 bits per heavy atom. The molecule has 0 radical (unpaired) electrons. The minimum absolute atomic E-state index is 0.0248. The van der Waals surface area contributed by atoms with Gasteiger partial charge in [-0.25, -0.2) is 13.8 Å². The van der Waals surface area contributed by atoms with E-state index in [0.717, 1.165) is 18.9 Å². The monoisotopic (exact) mass is 395 g/mol. The van der Waals surface area contributed by atoms with Gasteiger partial charge in [-0.3, -0.25) is 9.59 Å². The van der Waals surface area contributed by atoms with Gasteiger partial charge in [0.25, 0.3) is 11.5 Å². The van der Waals surface area contributed by atoms with Crippen molar-refractivity contribution in [2.24, 2.45) is 0 Å². The van der Waals surface area contributed by atoms with Crippen molar-refractivity contribution >= 4 is 27.9 Å². The van der Waals surface area contributed by atoms with Crippen LogP contribution in [0.5, 0.6) is 0 Å². The van der Waals surface area contributed by atoms with E-state index >= 15 is 0 Å². The minimum Gasteiger partial charge on any atom is -0.443 e. The number of carbonyl (C=O) groups excluding carboxylic acids is 1. The number of oxazole rings is 1. The number of amides is 1. The van der Waals surface area contributed by atoms with Crippen LogP contribution in [0, 0.1) is 11.6 Å². The third-order valence-electron chi connectivity index (χ3n) is 5.24. The number of carbonyl (C=O) groups is 1. The number of halogens is 2. The molecule has 0 saturated heterocycles. The average Bonchev–Trinajstić information content (AvgIpc) is 3.42. The van der Waals surface area contributed by atoms with E-state index in [-0.39, 0.29) is 39.4 Å². The van der Waals surface area contributed by atoms with Crippen LogP contribution in [0.15, 0.2) is 45.9 Å². The van der Waals surface area contributed by atoms with Gasteiger partial charge in [0.05, 0.1) is 11.1 Å². The fraction of sp³-hybridized carbons (Fsp3) is 0.190. The first kappa shape index (κ1) is 17.5. The van der Waals surface area contributed by atoms with Crippen molar-refractivity contribution in [2.45, 2.75) is 18.9 Å². The SMILES string of the molecule is CNC(=O)c1ccc(-c2cc3c(cc2F)c2ocnc2c(=O)n3C2CC2)cc1F. The maximum atomic E-state index is 15.0. The van der Waals surface area contributed by atoms with Gasteiger partial charge in [-0.1, -0.05) is 6.07 Å². The first-order valence-electron chi connectivity index (χ1n) is 9.12. The highest BCUT2D eigenvalue weighted by atomic mass is 19.1. The zero-order chi connectivity index (χ0) is 20.3. The van der Waals surface area contributed by atoms with Gasteiger partial charge in [0.15, 0.2) is 17.5 Å². The van der Waals surface area contributed by atoms with E-state index in [4.69, 9.17) is 4.42 Å². The van der Waals surface area contributed by atoms with E-state index in [2.05, 4.69) is 10.3 Å². The second kappa shape index (κ2) is 6.23. The van der Waals surface area contributed by atoms with Crippen LogP contribution >= 0.6 is 0 Å².